The monoisotopic (exact) mass is 238 g/mol. The first-order valence-electron chi connectivity index (χ1n) is 6.28. The summed E-state index contributed by atoms with van der Waals surface area (Å²) in [7, 11) is -2.13. The number of hydrogen-bond donors (Lipinski definition) is 0. The molecule has 0 N–H and O–H groups in total. The fraction of sp³-hybridized carbons (Fsp3) is 0.571. The minimum atomic E-state index is -2.13. The standard InChI is InChI=1S/C14H23OP/c1-4-6-12-16(15,11-5-2)14-10-8-7-9-13(14)3/h7-10H,4-6,11-12H2,1-3H3. The molecule has 0 fully saturated rings. The second-order valence-corrected chi connectivity index (χ2v) is 7.63. The van der Waals surface area contributed by atoms with E-state index in [4.69, 9.17) is 0 Å². The van der Waals surface area contributed by atoms with Crippen molar-refractivity contribution in [2.24, 2.45) is 0 Å². The highest BCUT2D eigenvalue weighted by molar-refractivity contribution is 7.71. The first-order chi connectivity index (χ1) is 7.64. The smallest absolute Gasteiger partial charge is 0.115 e. The summed E-state index contributed by atoms with van der Waals surface area (Å²) >= 11 is 0. The largest absolute Gasteiger partial charge is 0.319 e. The molecule has 0 amide bonds. The van der Waals surface area contributed by atoms with E-state index < -0.39 is 7.14 Å². The third-order valence-electron chi connectivity index (χ3n) is 3.01. The van der Waals surface area contributed by atoms with Crippen LogP contribution in [-0.4, -0.2) is 12.3 Å². The molecule has 0 aliphatic carbocycles. The number of unbranched alkanes of at least 4 members (excludes halogenated alkanes) is 1. The van der Waals surface area contributed by atoms with E-state index in [1.165, 1.54) is 5.56 Å². The molecule has 0 heterocycles. The second kappa shape index (κ2) is 6.25. The first kappa shape index (κ1) is 13.5. The predicted octanol–water partition coefficient (Wildman–Crippen LogP) is 4.19. The lowest BCUT2D eigenvalue weighted by molar-refractivity contribution is 0.578. The van der Waals surface area contributed by atoms with Crippen LogP contribution in [0.15, 0.2) is 24.3 Å². The lowest BCUT2D eigenvalue weighted by atomic mass is 10.2. The third-order valence-corrected chi connectivity index (χ3v) is 6.60. The average molecular weight is 238 g/mol. The van der Waals surface area contributed by atoms with Crippen LogP contribution in [0.5, 0.6) is 0 Å². The van der Waals surface area contributed by atoms with Crippen molar-refractivity contribution >= 4 is 12.4 Å². The van der Waals surface area contributed by atoms with Crippen LogP contribution in [0.2, 0.25) is 0 Å². The highest BCUT2D eigenvalue weighted by atomic mass is 31.2. The van der Waals surface area contributed by atoms with Crippen molar-refractivity contribution in [2.45, 2.75) is 40.0 Å². The van der Waals surface area contributed by atoms with Crippen LogP contribution >= 0.6 is 7.14 Å². The molecule has 0 radical (unpaired) electrons. The van der Waals surface area contributed by atoms with Crippen LogP contribution in [0.1, 0.15) is 38.7 Å². The molecule has 0 saturated heterocycles. The number of rotatable bonds is 6. The zero-order valence-corrected chi connectivity index (χ0v) is 11.6. The van der Waals surface area contributed by atoms with Gasteiger partial charge in [-0.15, -0.1) is 0 Å². The molecule has 1 aromatic carbocycles. The van der Waals surface area contributed by atoms with Gasteiger partial charge in [-0.2, -0.15) is 0 Å². The van der Waals surface area contributed by atoms with Crippen molar-refractivity contribution in [2.75, 3.05) is 12.3 Å². The molecule has 0 saturated carbocycles. The van der Waals surface area contributed by atoms with Crippen molar-refractivity contribution < 1.29 is 4.57 Å². The Balaban J connectivity index is 3.01. The van der Waals surface area contributed by atoms with Crippen molar-refractivity contribution in [1.82, 2.24) is 0 Å². The summed E-state index contributed by atoms with van der Waals surface area (Å²) in [5.74, 6) is 0. The number of aryl methyl sites for hydroxylation is 1. The average Bonchev–Trinajstić information content (AvgIpc) is 2.27. The Morgan fingerprint density at radius 3 is 2.31 bits per heavy atom. The Kier molecular flexibility index (Phi) is 5.28. The van der Waals surface area contributed by atoms with Gasteiger partial charge in [0.05, 0.1) is 0 Å². The van der Waals surface area contributed by atoms with E-state index in [2.05, 4.69) is 32.9 Å². The molecule has 1 nitrogen and oxygen atoms in total. The number of benzene rings is 1. The molecule has 0 spiro atoms. The van der Waals surface area contributed by atoms with Crippen LogP contribution in [0.3, 0.4) is 0 Å². The van der Waals surface area contributed by atoms with Crippen LogP contribution < -0.4 is 5.30 Å². The summed E-state index contributed by atoms with van der Waals surface area (Å²) in [6.45, 7) is 6.36. The van der Waals surface area contributed by atoms with Crippen molar-refractivity contribution in [3.8, 4) is 0 Å². The minimum absolute atomic E-state index is 0.859. The van der Waals surface area contributed by atoms with Gasteiger partial charge in [-0.05, 0) is 25.3 Å². The number of hydrogen-bond acceptors (Lipinski definition) is 1. The maximum Gasteiger partial charge on any atom is 0.115 e. The molecule has 1 atom stereocenters. The molecule has 16 heavy (non-hydrogen) atoms. The lowest BCUT2D eigenvalue weighted by Crippen LogP contribution is -2.13. The van der Waals surface area contributed by atoms with Crippen LogP contribution in [0.4, 0.5) is 0 Å². The van der Waals surface area contributed by atoms with Gasteiger partial charge in [0, 0.05) is 17.6 Å². The second-order valence-electron chi connectivity index (χ2n) is 4.48. The van der Waals surface area contributed by atoms with E-state index in [1.54, 1.807) is 0 Å². The van der Waals surface area contributed by atoms with Gasteiger partial charge in [0.1, 0.15) is 7.14 Å². The highest BCUT2D eigenvalue weighted by Crippen LogP contribution is 2.46. The molecule has 90 valence electrons. The Morgan fingerprint density at radius 1 is 1.06 bits per heavy atom. The first-order valence-corrected chi connectivity index (χ1v) is 8.36. The quantitative estimate of drug-likeness (QED) is 0.679. The molecule has 0 bridgehead atoms. The summed E-state index contributed by atoms with van der Waals surface area (Å²) < 4.78 is 13.0. The maximum absolute atomic E-state index is 13.0. The van der Waals surface area contributed by atoms with Gasteiger partial charge < -0.3 is 4.57 Å². The Hall–Kier alpha value is -0.550. The maximum atomic E-state index is 13.0. The topological polar surface area (TPSA) is 17.1 Å². The summed E-state index contributed by atoms with van der Waals surface area (Å²) in [5.41, 5.74) is 1.19. The van der Waals surface area contributed by atoms with Crippen LogP contribution in [0.25, 0.3) is 0 Å². The fourth-order valence-corrected chi connectivity index (χ4v) is 5.48. The minimum Gasteiger partial charge on any atom is -0.319 e. The van der Waals surface area contributed by atoms with Crippen molar-refractivity contribution in [3.05, 3.63) is 29.8 Å². The van der Waals surface area contributed by atoms with E-state index in [9.17, 15) is 4.57 Å². The summed E-state index contributed by atoms with van der Waals surface area (Å²) in [6, 6.07) is 8.16. The van der Waals surface area contributed by atoms with E-state index in [0.29, 0.717) is 0 Å². The molecule has 1 unspecified atom stereocenters. The molecule has 1 aromatic rings. The van der Waals surface area contributed by atoms with E-state index in [-0.39, 0.29) is 0 Å². The SMILES string of the molecule is CCCCP(=O)(CCC)c1ccccc1C. The molecular weight excluding hydrogens is 215 g/mol. The van der Waals surface area contributed by atoms with Gasteiger partial charge in [0.2, 0.25) is 0 Å². The zero-order chi connectivity index (χ0) is 12.0. The lowest BCUT2D eigenvalue weighted by Gasteiger charge is -2.19. The summed E-state index contributed by atoms with van der Waals surface area (Å²) in [6.07, 6.45) is 4.95. The van der Waals surface area contributed by atoms with Crippen molar-refractivity contribution in [3.63, 3.8) is 0 Å². The van der Waals surface area contributed by atoms with Gasteiger partial charge in [-0.25, -0.2) is 0 Å². The van der Waals surface area contributed by atoms with Gasteiger partial charge in [0.15, 0.2) is 0 Å². The van der Waals surface area contributed by atoms with Crippen LogP contribution in [-0.2, 0) is 4.57 Å². The van der Waals surface area contributed by atoms with Crippen molar-refractivity contribution in [1.29, 1.82) is 0 Å². The van der Waals surface area contributed by atoms with Gasteiger partial charge in [-0.1, -0.05) is 44.5 Å². The van der Waals surface area contributed by atoms with E-state index in [1.807, 2.05) is 12.1 Å². The van der Waals surface area contributed by atoms with Gasteiger partial charge in [0.25, 0.3) is 0 Å². The molecule has 0 aliphatic rings. The van der Waals surface area contributed by atoms with Gasteiger partial charge in [-0.3, -0.25) is 0 Å². The fourth-order valence-electron chi connectivity index (χ4n) is 2.15. The van der Waals surface area contributed by atoms with Gasteiger partial charge >= 0.3 is 0 Å². The third kappa shape index (κ3) is 3.22. The molecule has 0 aliphatic heterocycles. The highest BCUT2D eigenvalue weighted by Gasteiger charge is 2.24. The molecular formula is C14H23OP. The van der Waals surface area contributed by atoms with E-state index in [0.717, 1.165) is 36.9 Å². The Labute approximate surface area is 99.6 Å². The summed E-state index contributed by atoms with van der Waals surface area (Å²) in [5, 5.41) is 1.12. The normalized spacial score (nSPS) is 14.7. The van der Waals surface area contributed by atoms with E-state index >= 15 is 0 Å². The zero-order valence-electron chi connectivity index (χ0n) is 10.7. The molecule has 1 rings (SSSR count). The molecule has 2 heteroatoms. The Morgan fingerprint density at radius 2 is 1.75 bits per heavy atom. The molecule has 0 aromatic heterocycles. The predicted molar refractivity (Wildman–Crippen MR) is 73.4 cm³/mol. The Bertz CT molecular complexity index is 371. The summed E-state index contributed by atoms with van der Waals surface area (Å²) in [4.78, 5) is 0. The van der Waals surface area contributed by atoms with Crippen LogP contribution in [0, 0.1) is 6.92 Å².